The Balaban J connectivity index is 2.75. The first-order valence-corrected chi connectivity index (χ1v) is 9.47. The van der Waals surface area contributed by atoms with Crippen LogP contribution < -0.4 is 21.3 Å². The lowest BCUT2D eigenvalue weighted by molar-refractivity contribution is -0.114. The lowest BCUT2D eigenvalue weighted by Crippen LogP contribution is -2.31. The predicted molar refractivity (Wildman–Crippen MR) is 110 cm³/mol. The summed E-state index contributed by atoms with van der Waals surface area (Å²) in [4.78, 5) is 24.6. The van der Waals surface area contributed by atoms with E-state index in [1.165, 1.54) is 6.92 Å². The third-order valence-corrected chi connectivity index (χ3v) is 4.22. The average molecular weight is 373 g/mol. The first-order chi connectivity index (χ1) is 12.7. The number of hydrogen-bond acceptors (Lipinski definition) is 4. The zero-order chi connectivity index (χ0) is 20.2. The Hall–Kier alpha value is -2.34. The van der Waals surface area contributed by atoms with Gasteiger partial charge < -0.3 is 20.4 Å². The molecule has 148 valence electrons. The van der Waals surface area contributed by atoms with Crippen LogP contribution in [0, 0.1) is 5.41 Å². The Morgan fingerprint density at radius 2 is 1.96 bits per heavy atom. The van der Waals surface area contributed by atoms with E-state index in [2.05, 4.69) is 33.0 Å². The van der Waals surface area contributed by atoms with Gasteiger partial charge in [0.15, 0.2) is 0 Å². The minimum atomic E-state index is -0.164. The second-order valence-electron chi connectivity index (χ2n) is 8.08. The number of carbonyl (C=O) groups excluding carboxylic acids is 1. The Morgan fingerprint density at radius 1 is 1.26 bits per heavy atom. The van der Waals surface area contributed by atoms with Gasteiger partial charge in [-0.3, -0.25) is 9.59 Å². The molecule has 1 amide bonds. The summed E-state index contributed by atoms with van der Waals surface area (Å²) in [5.74, 6) is 0.472. The molecule has 0 saturated heterocycles. The van der Waals surface area contributed by atoms with Crippen LogP contribution in [0.25, 0.3) is 10.8 Å². The second kappa shape index (κ2) is 8.57. The van der Waals surface area contributed by atoms with Gasteiger partial charge in [0.25, 0.3) is 5.56 Å². The highest BCUT2D eigenvalue weighted by Crippen LogP contribution is 2.31. The zero-order valence-corrected chi connectivity index (χ0v) is 17.0. The molecule has 0 aliphatic heterocycles. The summed E-state index contributed by atoms with van der Waals surface area (Å²) in [6.07, 6.45) is 1.92. The van der Waals surface area contributed by atoms with E-state index < -0.39 is 0 Å². The number of nitrogens with one attached hydrogen (secondary N) is 1. The molecule has 27 heavy (non-hydrogen) atoms. The number of fused-ring (bicyclic) bond motifs is 1. The maximum atomic E-state index is 13.2. The van der Waals surface area contributed by atoms with E-state index in [9.17, 15) is 9.59 Å². The molecule has 0 atom stereocenters. The summed E-state index contributed by atoms with van der Waals surface area (Å²) >= 11 is 0. The number of benzene rings is 1. The maximum Gasteiger partial charge on any atom is 0.258 e. The predicted octanol–water partition coefficient (Wildman–Crippen LogP) is 3.64. The summed E-state index contributed by atoms with van der Waals surface area (Å²) in [6, 6.07) is 5.28. The average Bonchev–Trinajstić information content (AvgIpc) is 2.57. The summed E-state index contributed by atoms with van der Waals surface area (Å²) in [5, 5.41) is 4.02. The fourth-order valence-corrected chi connectivity index (χ4v) is 3.07. The minimum absolute atomic E-state index is 0.0851. The smallest absolute Gasteiger partial charge is 0.258 e. The minimum Gasteiger partial charge on any atom is -0.491 e. The number of rotatable bonds is 7. The van der Waals surface area contributed by atoms with Crippen LogP contribution in [0.4, 0.5) is 5.69 Å². The molecule has 0 bridgehead atoms. The number of anilines is 1. The van der Waals surface area contributed by atoms with Gasteiger partial charge in [-0.1, -0.05) is 34.1 Å². The number of aromatic nitrogens is 1. The van der Waals surface area contributed by atoms with Crippen molar-refractivity contribution >= 4 is 22.4 Å². The van der Waals surface area contributed by atoms with Crippen molar-refractivity contribution in [2.45, 2.75) is 60.5 Å². The highest BCUT2D eigenvalue weighted by molar-refractivity contribution is 5.95. The van der Waals surface area contributed by atoms with E-state index in [0.717, 1.165) is 12.8 Å². The molecule has 0 radical (unpaired) electrons. The Labute approximate surface area is 160 Å². The van der Waals surface area contributed by atoms with Crippen molar-refractivity contribution in [2.75, 3.05) is 11.9 Å². The molecule has 2 rings (SSSR count). The van der Waals surface area contributed by atoms with Gasteiger partial charge in [-0.15, -0.1) is 0 Å². The van der Waals surface area contributed by atoms with Crippen LogP contribution >= 0.6 is 0 Å². The van der Waals surface area contributed by atoms with Crippen molar-refractivity contribution in [3.05, 3.63) is 34.2 Å². The highest BCUT2D eigenvalue weighted by atomic mass is 16.5. The number of nitrogens with zero attached hydrogens (tertiary/aromatic N) is 1. The van der Waals surface area contributed by atoms with Gasteiger partial charge in [0.2, 0.25) is 5.91 Å². The molecule has 1 aromatic carbocycles. The van der Waals surface area contributed by atoms with Crippen molar-refractivity contribution in [2.24, 2.45) is 11.1 Å². The van der Waals surface area contributed by atoms with Crippen molar-refractivity contribution in [1.82, 2.24) is 4.57 Å². The highest BCUT2D eigenvalue weighted by Gasteiger charge is 2.21. The molecule has 0 fully saturated rings. The number of pyridine rings is 1. The molecule has 0 unspecified atom stereocenters. The fourth-order valence-electron chi connectivity index (χ4n) is 3.07. The first kappa shape index (κ1) is 21.0. The van der Waals surface area contributed by atoms with Crippen LogP contribution in [-0.4, -0.2) is 17.1 Å². The van der Waals surface area contributed by atoms with E-state index in [4.69, 9.17) is 10.5 Å². The van der Waals surface area contributed by atoms with Gasteiger partial charge in [0, 0.05) is 31.1 Å². The normalized spacial score (nSPS) is 11.6. The SMILES string of the molecule is CCCCOc1c(CN)n(CC(C)(C)C)c(=O)c2ccc(NC(C)=O)cc12. The van der Waals surface area contributed by atoms with Gasteiger partial charge in [0.05, 0.1) is 17.7 Å². The van der Waals surface area contributed by atoms with Gasteiger partial charge in [0.1, 0.15) is 5.75 Å². The summed E-state index contributed by atoms with van der Waals surface area (Å²) < 4.78 is 7.84. The first-order valence-electron chi connectivity index (χ1n) is 9.47. The Morgan fingerprint density at radius 3 is 2.52 bits per heavy atom. The number of hydrogen-bond donors (Lipinski definition) is 2. The maximum absolute atomic E-state index is 13.2. The third kappa shape index (κ3) is 5.10. The number of amides is 1. The van der Waals surface area contributed by atoms with Crippen molar-refractivity contribution in [1.29, 1.82) is 0 Å². The van der Waals surface area contributed by atoms with Crippen LogP contribution in [-0.2, 0) is 17.9 Å². The zero-order valence-electron chi connectivity index (χ0n) is 17.0. The summed E-state index contributed by atoms with van der Waals surface area (Å²) in [5.41, 5.74) is 7.20. The van der Waals surface area contributed by atoms with Crippen LogP contribution in [0.15, 0.2) is 23.0 Å². The van der Waals surface area contributed by atoms with Crippen LogP contribution in [0.2, 0.25) is 0 Å². The third-order valence-electron chi connectivity index (χ3n) is 4.22. The van der Waals surface area contributed by atoms with Crippen molar-refractivity contribution < 1.29 is 9.53 Å². The van der Waals surface area contributed by atoms with Gasteiger partial charge in [-0.25, -0.2) is 0 Å². The van der Waals surface area contributed by atoms with Crippen LogP contribution in [0.3, 0.4) is 0 Å². The molecule has 6 heteroatoms. The van der Waals surface area contributed by atoms with Crippen molar-refractivity contribution in [3.8, 4) is 5.75 Å². The Kier molecular flexibility index (Phi) is 6.65. The van der Waals surface area contributed by atoms with Crippen LogP contribution in [0.5, 0.6) is 5.75 Å². The Bertz CT molecular complexity index is 879. The fraction of sp³-hybridized carbons (Fsp3) is 0.524. The number of ether oxygens (including phenoxy) is 1. The molecule has 6 nitrogen and oxygen atoms in total. The molecular weight excluding hydrogens is 342 g/mol. The lowest BCUT2D eigenvalue weighted by atomic mass is 9.96. The molecule has 0 spiro atoms. The molecule has 0 saturated carbocycles. The van der Waals surface area contributed by atoms with Crippen molar-refractivity contribution in [3.63, 3.8) is 0 Å². The van der Waals surface area contributed by atoms with E-state index >= 15 is 0 Å². The standard InChI is InChI=1S/C21H31N3O3/c1-6-7-10-27-19-17-11-15(23-14(2)25)8-9-16(17)20(26)24(18(19)12-22)13-21(3,4)5/h8-9,11H,6-7,10,12-13,22H2,1-5H3,(H,23,25). The number of nitrogens with two attached hydrogens (primary N) is 1. The molecule has 3 N–H and O–H groups in total. The quantitative estimate of drug-likeness (QED) is 0.726. The largest absolute Gasteiger partial charge is 0.491 e. The van der Waals surface area contributed by atoms with E-state index in [0.29, 0.717) is 41.1 Å². The number of carbonyl (C=O) groups is 1. The molecule has 0 aliphatic carbocycles. The summed E-state index contributed by atoms with van der Waals surface area (Å²) in [6.45, 7) is 11.1. The lowest BCUT2D eigenvalue weighted by Gasteiger charge is -2.25. The van der Waals surface area contributed by atoms with E-state index in [1.54, 1.807) is 22.8 Å². The monoisotopic (exact) mass is 373 g/mol. The summed E-state index contributed by atoms with van der Waals surface area (Å²) in [7, 11) is 0. The van der Waals surface area contributed by atoms with E-state index in [1.807, 2.05) is 0 Å². The molecule has 1 aromatic heterocycles. The number of unbranched alkanes of at least 4 members (excludes halogenated alkanes) is 1. The topological polar surface area (TPSA) is 86.3 Å². The van der Waals surface area contributed by atoms with E-state index in [-0.39, 0.29) is 23.4 Å². The molecule has 1 heterocycles. The van der Waals surface area contributed by atoms with Crippen LogP contribution in [0.1, 0.15) is 53.2 Å². The molecule has 2 aromatic rings. The molecule has 0 aliphatic rings. The van der Waals surface area contributed by atoms with Gasteiger partial charge in [-0.05, 0) is 30.0 Å². The second-order valence-corrected chi connectivity index (χ2v) is 8.08. The molecular formula is C21H31N3O3. The van der Waals surface area contributed by atoms with Gasteiger partial charge >= 0.3 is 0 Å². The van der Waals surface area contributed by atoms with Gasteiger partial charge in [-0.2, -0.15) is 0 Å².